The summed E-state index contributed by atoms with van der Waals surface area (Å²) in [7, 11) is 1.84. The number of carbonyl (C=O) groups is 1. The number of rotatable bonds is 5. The van der Waals surface area contributed by atoms with Gasteiger partial charge >= 0.3 is 0 Å². The fourth-order valence-electron chi connectivity index (χ4n) is 2.60. The number of anilines is 2. The summed E-state index contributed by atoms with van der Waals surface area (Å²) < 4.78 is 6.78. The number of benzene rings is 1. The number of fused-ring (bicyclic) bond motifs is 1. The average Bonchev–Trinajstić information content (AvgIpc) is 3.32. The largest absolute Gasteiger partial charge is 0.459 e. The fraction of sp³-hybridized carbons (Fsp3) is 0.111. The minimum Gasteiger partial charge on any atom is -0.459 e. The quantitative estimate of drug-likeness (QED) is 0.575. The first-order valence-electron chi connectivity index (χ1n) is 8.01. The first-order chi connectivity index (χ1) is 12.7. The van der Waals surface area contributed by atoms with E-state index in [1.807, 2.05) is 31.3 Å². The van der Waals surface area contributed by atoms with E-state index in [4.69, 9.17) is 4.42 Å². The molecule has 8 heteroatoms. The molecule has 0 saturated heterocycles. The van der Waals surface area contributed by atoms with Gasteiger partial charge in [0.25, 0.3) is 5.91 Å². The van der Waals surface area contributed by atoms with E-state index in [2.05, 4.69) is 25.7 Å². The lowest BCUT2D eigenvalue weighted by Gasteiger charge is -2.08. The van der Waals surface area contributed by atoms with E-state index in [9.17, 15) is 4.79 Å². The van der Waals surface area contributed by atoms with Gasteiger partial charge in [-0.15, -0.1) is 0 Å². The lowest BCUT2D eigenvalue weighted by molar-refractivity contribution is 0.0996. The van der Waals surface area contributed by atoms with Crippen LogP contribution in [0.3, 0.4) is 0 Å². The smallest absolute Gasteiger partial charge is 0.291 e. The molecule has 3 aromatic heterocycles. The molecule has 0 atom stereocenters. The van der Waals surface area contributed by atoms with E-state index >= 15 is 0 Å². The number of aromatic nitrogens is 4. The molecular weight excluding hydrogens is 332 g/mol. The SMILES string of the molecule is Cn1ncc2c(NCc3ccc(NC(=O)c4ccco4)cc3)ncnc21. The van der Waals surface area contributed by atoms with E-state index in [0.29, 0.717) is 12.2 Å². The van der Waals surface area contributed by atoms with E-state index in [1.54, 1.807) is 23.0 Å². The summed E-state index contributed by atoms with van der Waals surface area (Å²) in [6, 6.07) is 10.9. The third kappa shape index (κ3) is 3.12. The lowest BCUT2D eigenvalue weighted by atomic mass is 10.2. The van der Waals surface area contributed by atoms with Gasteiger partial charge in [-0.3, -0.25) is 9.48 Å². The Balaban J connectivity index is 1.42. The van der Waals surface area contributed by atoms with Crippen molar-refractivity contribution in [1.29, 1.82) is 0 Å². The van der Waals surface area contributed by atoms with Crippen LogP contribution in [0.1, 0.15) is 16.1 Å². The summed E-state index contributed by atoms with van der Waals surface area (Å²) in [5.41, 5.74) is 2.53. The Morgan fingerprint density at radius 2 is 2.04 bits per heavy atom. The number of nitrogens with zero attached hydrogens (tertiary/aromatic N) is 4. The Morgan fingerprint density at radius 3 is 2.81 bits per heavy atom. The molecule has 130 valence electrons. The summed E-state index contributed by atoms with van der Waals surface area (Å²) in [6.45, 7) is 0.591. The van der Waals surface area contributed by atoms with Crippen LogP contribution in [0.4, 0.5) is 11.5 Å². The van der Waals surface area contributed by atoms with Crippen LogP contribution in [0.25, 0.3) is 11.0 Å². The number of hydrogen-bond donors (Lipinski definition) is 2. The molecule has 4 rings (SSSR count). The second-order valence-corrected chi connectivity index (χ2v) is 5.71. The Labute approximate surface area is 148 Å². The summed E-state index contributed by atoms with van der Waals surface area (Å²) in [4.78, 5) is 20.5. The van der Waals surface area contributed by atoms with E-state index in [1.165, 1.54) is 12.6 Å². The van der Waals surface area contributed by atoms with Crippen molar-refractivity contribution < 1.29 is 9.21 Å². The van der Waals surface area contributed by atoms with Crippen molar-refractivity contribution in [2.45, 2.75) is 6.54 Å². The molecule has 0 fully saturated rings. The zero-order valence-corrected chi connectivity index (χ0v) is 14.0. The van der Waals surface area contributed by atoms with Gasteiger partial charge in [0.1, 0.15) is 12.1 Å². The van der Waals surface area contributed by atoms with E-state index in [0.717, 1.165) is 22.4 Å². The second kappa shape index (κ2) is 6.67. The van der Waals surface area contributed by atoms with Crippen LogP contribution in [0, 0.1) is 0 Å². The summed E-state index contributed by atoms with van der Waals surface area (Å²) >= 11 is 0. The molecule has 0 unspecified atom stereocenters. The predicted octanol–water partition coefficient (Wildman–Crippen LogP) is 2.82. The van der Waals surface area contributed by atoms with E-state index < -0.39 is 0 Å². The summed E-state index contributed by atoms with van der Waals surface area (Å²) in [6.07, 6.45) is 4.72. The zero-order chi connectivity index (χ0) is 17.9. The highest BCUT2D eigenvalue weighted by atomic mass is 16.3. The van der Waals surface area contributed by atoms with Crippen molar-refractivity contribution in [2.24, 2.45) is 7.05 Å². The first kappa shape index (κ1) is 15.8. The molecule has 3 heterocycles. The van der Waals surface area contributed by atoms with Gasteiger partial charge in [0.15, 0.2) is 11.4 Å². The van der Waals surface area contributed by atoms with E-state index in [-0.39, 0.29) is 11.7 Å². The molecular formula is C18H16N6O2. The third-order valence-corrected chi connectivity index (χ3v) is 3.95. The van der Waals surface area contributed by atoms with Crippen LogP contribution in [0.5, 0.6) is 0 Å². The second-order valence-electron chi connectivity index (χ2n) is 5.71. The minimum atomic E-state index is -0.277. The van der Waals surface area contributed by atoms with Gasteiger partial charge in [-0.05, 0) is 29.8 Å². The number of nitrogens with one attached hydrogen (secondary N) is 2. The van der Waals surface area contributed by atoms with Crippen LogP contribution in [-0.4, -0.2) is 25.7 Å². The molecule has 26 heavy (non-hydrogen) atoms. The number of amides is 1. The Bertz CT molecular complexity index is 1040. The molecule has 1 aromatic carbocycles. The third-order valence-electron chi connectivity index (χ3n) is 3.95. The van der Waals surface area contributed by atoms with Gasteiger partial charge in [-0.2, -0.15) is 5.10 Å². The van der Waals surface area contributed by atoms with Crippen molar-refractivity contribution in [1.82, 2.24) is 19.7 Å². The van der Waals surface area contributed by atoms with Crippen molar-refractivity contribution in [3.05, 3.63) is 66.5 Å². The van der Waals surface area contributed by atoms with Gasteiger partial charge < -0.3 is 15.1 Å². The standard InChI is InChI=1S/C18H16N6O2/c1-24-17-14(10-22-24)16(20-11-21-17)19-9-12-4-6-13(7-5-12)23-18(25)15-3-2-8-26-15/h2-8,10-11H,9H2,1H3,(H,23,25)(H,19,20,21). The molecule has 0 bridgehead atoms. The Morgan fingerprint density at radius 1 is 1.19 bits per heavy atom. The first-order valence-corrected chi connectivity index (χ1v) is 8.01. The molecule has 0 aliphatic rings. The molecule has 2 N–H and O–H groups in total. The molecule has 0 radical (unpaired) electrons. The maximum atomic E-state index is 12.0. The van der Waals surface area contributed by atoms with Crippen LogP contribution >= 0.6 is 0 Å². The molecule has 1 amide bonds. The lowest BCUT2D eigenvalue weighted by Crippen LogP contribution is -2.10. The van der Waals surface area contributed by atoms with Gasteiger partial charge in [0.05, 0.1) is 17.8 Å². The molecule has 0 aliphatic carbocycles. The van der Waals surface area contributed by atoms with Crippen LogP contribution < -0.4 is 10.6 Å². The van der Waals surface area contributed by atoms with Gasteiger partial charge in [0, 0.05) is 19.3 Å². The molecule has 0 aliphatic heterocycles. The number of aryl methyl sites for hydroxylation is 1. The maximum absolute atomic E-state index is 12.0. The normalized spacial score (nSPS) is 10.8. The number of hydrogen-bond acceptors (Lipinski definition) is 6. The Kier molecular flexibility index (Phi) is 4.06. The highest BCUT2D eigenvalue weighted by Crippen LogP contribution is 2.19. The maximum Gasteiger partial charge on any atom is 0.291 e. The zero-order valence-electron chi connectivity index (χ0n) is 14.0. The molecule has 0 spiro atoms. The highest BCUT2D eigenvalue weighted by molar-refractivity contribution is 6.02. The predicted molar refractivity (Wildman–Crippen MR) is 96.7 cm³/mol. The molecule has 8 nitrogen and oxygen atoms in total. The van der Waals surface area contributed by atoms with Crippen LogP contribution in [0.2, 0.25) is 0 Å². The van der Waals surface area contributed by atoms with Crippen molar-refractivity contribution in [3.63, 3.8) is 0 Å². The number of furan rings is 1. The minimum absolute atomic E-state index is 0.277. The van der Waals surface area contributed by atoms with Crippen molar-refractivity contribution in [2.75, 3.05) is 10.6 Å². The topological polar surface area (TPSA) is 97.9 Å². The summed E-state index contributed by atoms with van der Waals surface area (Å²) in [5, 5.41) is 11.2. The summed E-state index contributed by atoms with van der Waals surface area (Å²) in [5.74, 6) is 0.735. The fourth-order valence-corrected chi connectivity index (χ4v) is 2.60. The van der Waals surface area contributed by atoms with Crippen LogP contribution in [-0.2, 0) is 13.6 Å². The van der Waals surface area contributed by atoms with Crippen LogP contribution in [0.15, 0.2) is 59.6 Å². The Hall–Kier alpha value is -3.68. The number of carbonyl (C=O) groups excluding carboxylic acids is 1. The monoisotopic (exact) mass is 348 g/mol. The highest BCUT2D eigenvalue weighted by Gasteiger charge is 2.09. The average molecular weight is 348 g/mol. The molecule has 4 aromatic rings. The van der Waals surface area contributed by atoms with Crippen molar-refractivity contribution >= 4 is 28.4 Å². The van der Waals surface area contributed by atoms with Gasteiger partial charge in [-0.1, -0.05) is 12.1 Å². The van der Waals surface area contributed by atoms with Gasteiger partial charge in [0.2, 0.25) is 0 Å². The molecule has 0 saturated carbocycles. The van der Waals surface area contributed by atoms with Crippen molar-refractivity contribution in [3.8, 4) is 0 Å². The van der Waals surface area contributed by atoms with Gasteiger partial charge in [-0.25, -0.2) is 9.97 Å².